The van der Waals surface area contributed by atoms with Crippen LogP contribution < -0.4 is 5.32 Å². The van der Waals surface area contributed by atoms with E-state index in [2.05, 4.69) is 47.7 Å². The Morgan fingerprint density at radius 1 is 1.28 bits per heavy atom. The first-order chi connectivity index (χ1) is 8.53. The molecule has 0 aliphatic heterocycles. The predicted octanol–water partition coefficient (Wildman–Crippen LogP) is 2.65. The van der Waals surface area contributed by atoms with Crippen LogP contribution in [-0.2, 0) is 12.8 Å². The molecule has 0 fully saturated rings. The highest BCUT2D eigenvalue weighted by molar-refractivity contribution is 7.09. The van der Waals surface area contributed by atoms with Gasteiger partial charge in [0.1, 0.15) is 0 Å². The molecule has 0 saturated carbocycles. The first-order valence-electron chi connectivity index (χ1n) is 6.11. The molecule has 0 spiro atoms. The monoisotopic (exact) mass is 265 g/mol. The van der Waals surface area contributed by atoms with Crippen molar-refractivity contribution in [2.24, 2.45) is 0 Å². The lowest BCUT2D eigenvalue weighted by Crippen LogP contribution is -2.37. The van der Waals surface area contributed by atoms with E-state index < -0.39 is 0 Å². The third kappa shape index (κ3) is 4.23. The second-order valence-electron chi connectivity index (χ2n) is 5.27. The lowest BCUT2D eigenvalue weighted by Gasteiger charge is -2.19. The summed E-state index contributed by atoms with van der Waals surface area (Å²) in [7, 11) is 0. The SMILES string of the molecule is CC(C)(C)NCCc1nnc(Cc2cccs2)o1. The van der Waals surface area contributed by atoms with Gasteiger partial charge in [-0.15, -0.1) is 21.5 Å². The summed E-state index contributed by atoms with van der Waals surface area (Å²) in [6.07, 6.45) is 1.51. The fourth-order valence-corrected chi connectivity index (χ4v) is 2.26. The maximum Gasteiger partial charge on any atom is 0.221 e. The van der Waals surface area contributed by atoms with Gasteiger partial charge in [-0.25, -0.2) is 0 Å². The number of hydrogen-bond acceptors (Lipinski definition) is 5. The molecular weight excluding hydrogens is 246 g/mol. The summed E-state index contributed by atoms with van der Waals surface area (Å²) >= 11 is 1.71. The average Bonchev–Trinajstić information content (AvgIpc) is 2.89. The van der Waals surface area contributed by atoms with Crippen molar-refractivity contribution in [2.75, 3.05) is 6.54 Å². The fourth-order valence-electron chi connectivity index (χ4n) is 1.57. The van der Waals surface area contributed by atoms with E-state index in [0.717, 1.165) is 19.4 Å². The largest absolute Gasteiger partial charge is 0.425 e. The van der Waals surface area contributed by atoms with Crippen molar-refractivity contribution in [3.63, 3.8) is 0 Å². The quantitative estimate of drug-likeness (QED) is 0.903. The van der Waals surface area contributed by atoms with Crippen LogP contribution in [0.1, 0.15) is 37.4 Å². The average molecular weight is 265 g/mol. The summed E-state index contributed by atoms with van der Waals surface area (Å²) in [5.41, 5.74) is 0.125. The fraction of sp³-hybridized carbons (Fsp3) is 0.538. The smallest absolute Gasteiger partial charge is 0.221 e. The third-order valence-corrected chi connectivity index (χ3v) is 3.28. The minimum absolute atomic E-state index is 0.125. The van der Waals surface area contributed by atoms with Gasteiger partial charge in [0.2, 0.25) is 11.8 Å². The molecule has 0 aromatic carbocycles. The van der Waals surface area contributed by atoms with E-state index in [1.54, 1.807) is 11.3 Å². The molecule has 0 saturated heterocycles. The van der Waals surface area contributed by atoms with Crippen LogP contribution >= 0.6 is 11.3 Å². The van der Waals surface area contributed by atoms with Crippen molar-refractivity contribution < 1.29 is 4.42 Å². The molecule has 4 nitrogen and oxygen atoms in total. The van der Waals surface area contributed by atoms with Gasteiger partial charge in [0.05, 0.1) is 6.42 Å². The zero-order valence-electron chi connectivity index (χ0n) is 11.1. The van der Waals surface area contributed by atoms with Crippen molar-refractivity contribution in [1.29, 1.82) is 0 Å². The Balaban J connectivity index is 1.83. The second kappa shape index (κ2) is 5.63. The van der Waals surface area contributed by atoms with E-state index in [-0.39, 0.29) is 5.54 Å². The zero-order chi connectivity index (χ0) is 13.0. The number of thiophene rings is 1. The molecule has 0 atom stereocenters. The van der Waals surface area contributed by atoms with E-state index in [1.807, 2.05) is 6.07 Å². The summed E-state index contributed by atoms with van der Waals surface area (Å²) in [4.78, 5) is 1.25. The molecule has 2 aromatic heterocycles. The Bertz CT molecular complexity index is 471. The lowest BCUT2D eigenvalue weighted by atomic mass is 10.1. The van der Waals surface area contributed by atoms with Crippen molar-refractivity contribution >= 4 is 11.3 Å². The van der Waals surface area contributed by atoms with Gasteiger partial charge in [0.15, 0.2) is 0 Å². The molecule has 2 aromatic rings. The van der Waals surface area contributed by atoms with Crippen molar-refractivity contribution in [2.45, 2.75) is 39.2 Å². The first-order valence-corrected chi connectivity index (χ1v) is 6.99. The van der Waals surface area contributed by atoms with E-state index in [9.17, 15) is 0 Å². The molecule has 0 aliphatic carbocycles. The number of nitrogens with zero attached hydrogens (tertiary/aromatic N) is 2. The topological polar surface area (TPSA) is 51.0 Å². The molecule has 0 amide bonds. The molecule has 0 aliphatic rings. The molecule has 0 radical (unpaired) electrons. The van der Waals surface area contributed by atoms with Crippen LogP contribution in [-0.4, -0.2) is 22.3 Å². The van der Waals surface area contributed by atoms with Crippen LogP contribution in [0.3, 0.4) is 0 Å². The van der Waals surface area contributed by atoms with Gasteiger partial charge in [-0.1, -0.05) is 6.07 Å². The first kappa shape index (κ1) is 13.2. The minimum Gasteiger partial charge on any atom is -0.425 e. The van der Waals surface area contributed by atoms with Gasteiger partial charge >= 0.3 is 0 Å². The molecule has 18 heavy (non-hydrogen) atoms. The number of aromatic nitrogens is 2. The van der Waals surface area contributed by atoms with E-state index >= 15 is 0 Å². The molecule has 1 N–H and O–H groups in total. The summed E-state index contributed by atoms with van der Waals surface area (Å²) in [6.45, 7) is 7.28. The summed E-state index contributed by atoms with van der Waals surface area (Å²) in [5, 5.41) is 13.6. The maximum atomic E-state index is 5.62. The molecule has 5 heteroatoms. The Kier molecular flexibility index (Phi) is 4.14. The molecule has 0 bridgehead atoms. The van der Waals surface area contributed by atoms with Crippen LogP contribution in [0.5, 0.6) is 0 Å². The standard InChI is InChI=1S/C13H19N3OS/c1-13(2,3)14-7-6-11-15-16-12(17-11)9-10-5-4-8-18-10/h4-5,8,14H,6-7,9H2,1-3H3. The van der Waals surface area contributed by atoms with Crippen LogP contribution in [0.15, 0.2) is 21.9 Å². The Hall–Kier alpha value is -1.20. The molecule has 0 unspecified atom stereocenters. The molecule has 2 heterocycles. The summed E-state index contributed by atoms with van der Waals surface area (Å²) in [5.74, 6) is 1.40. The minimum atomic E-state index is 0.125. The van der Waals surface area contributed by atoms with Gasteiger partial charge < -0.3 is 9.73 Å². The van der Waals surface area contributed by atoms with Crippen molar-refractivity contribution in [3.05, 3.63) is 34.2 Å². The number of hydrogen-bond donors (Lipinski definition) is 1. The highest BCUT2D eigenvalue weighted by Crippen LogP contribution is 2.14. The van der Waals surface area contributed by atoms with Crippen molar-refractivity contribution in [3.8, 4) is 0 Å². The highest BCUT2D eigenvalue weighted by Gasteiger charge is 2.11. The third-order valence-electron chi connectivity index (χ3n) is 2.41. The Morgan fingerprint density at radius 3 is 2.72 bits per heavy atom. The number of nitrogens with one attached hydrogen (secondary N) is 1. The van der Waals surface area contributed by atoms with E-state index in [1.165, 1.54) is 4.88 Å². The second-order valence-corrected chi connectivity index (χ2v) is 6.30. The van der Waals surface area contributed by atoms with Crippen LogP contribution in [0.2, 0.25) is 0 Å². The van der Waals surface area contributed by atoms with Gasteiger partial charge in [-0.3, -0.25) is 0 Å². The lowest BCUT2D eigenvalue weighted by molar-refractivity contribution is 0.403. The maximum absolute atomic E-state index is 5.62. The van der Waals surface area contributed by atoms with Gasteiger partial charge in [0.25, 0.3) is 0 Å². The highest BCUT2D eigenvalue weighted by atomic mass is 32.1. The molecule has 2 rings (SSSR count). The Morgan fingerprint density at radius 2 is 2.06 bits per heavy atom. The van der Waals surface area contributed by atoms with Crippen molar-refractivity contribution in [1.82, 2.24) is 15.5 Å². The predicted molar refractivity (Wildman–Crippen MR) is 72.9 cm³/mol. The van der Waals surface area contributed by atoms with Gasteiger partial charge in [0, 0.05) is 23.4 Å². The normalized spacial score (nSPS) is 11.9. The van der Waals surface area contributed by atoms with Crippen LogP contribution in [0.4, 0.5) is 0 Å². The van der Waals surface area contributed by atoms with E-state index in [0.29, 0.717) is 11.8 Å². The van der Waals surface area contributed by atoms with Crippen LogP contribution in [0.25, 0.3) is 0 Å². The van der Waals surface area contributed by atoms with E-state index in [4.69, 9.17) is 4.42 Å². The van der Waals surface area contributed by atoms with Gasteiger partial charge in [-0.05, 0) is 32.2 Å². The number of rotatable bonds is 5. The zero-order valence-corrected chi connectivity index (χ0v) is 11.9. The van der Waals surface area contributed by atoms with Gasteiger partial charge in [-0.2, -0.15) is 0 Å². The molecule has 98 valence electrons. The Labute approximate surface area is 111 Å². The summed E-state index contributed by atoms with van der Waals surface area (Å²) in [6, 6.07) is 4.11. The summed E-state index contributed by atoms with van der Waals surface area (Å²) < 4.78 is 5.62. The van der Waals surface area contributed by atoms with Crippen LogP contribution in [0, 0.1) is 0 Å². The molecular formula is C13H19N3OS.